The van der Waals surface area contributed by atoms with Crippen molar-refractivity contribution in [3.8, 4) is 11.5 Å². The number of benzene rings is 2. The maximum absolute atomic E-state index is 12.9. The molecule has 2 rings (SSSR count). The predicted octanol–water partition coefficient (Wildman–Crippen LogP) is 3.65. The Labute approximate surface area is 118 Å². The Hall–Kier alpha value is -2.50. The average molecular weight is 296 g/mol. The fourth-order valence-corrected chi connectivity index (χ4v) is 1.90. The van der Waals surface area contributed by atoms with Crippen LogP contribution in [0.2, 0.25) is 0 Å². The zero-order valence-corrected chi connectivity index (χ0v) is 10.9. The highest BCUT2D eigenvalue weighted by Crippen LogP contribution is 2.34. The highest BCUT2D eigenvalue weighted by molar-refractivity contribution is 6.10. The predicted molar refractivity (Wildman–Crippen MR) is 69.5 cm³/mol. The third-order valence-corrected chi connectivity index (χ3v) is 2.92. The minimum absolute atomic E-state index is 0.00125. The number of carbonyl (C=O) groups is 1. The molecular weight excluding hydrogens is 285 g/mol. The third-order valence-electron chi connectivity index (χ3n) is 2.92. The summed E-state index contributed by atoms with van der Waals surface area (Å²) in [7, 11) is 1.28. The monoisotopic (exact) mass is 296 g/mol. The van der Waals surface area contributed by atoms with Crippen molar-refractivity contribution in [3.05, 3.63) is 59.2 Å². The van der Waals surface area contributed by atoms with Crippen LogP contribution in [0.5, 0.6) is 11.5 Å². The van der Waals surface area contributed by atoms with Gasteiger partial charge in [-0.3, -0.25) is 4.79 Å². The van der Waals surface area contributed by atoms with E-state index in [0.717, 1.165) is 12.1 Å². The molecule has 0 fully saturated rings. The Morgan fingerprint density at radius 3 is 2.43 bits per heavy atom. The van der Waals surface area contributed by atoms with Crippen LogP contribution in [-0.4, -0.2) is 18.0 Å². The van der Waals surface area contributed by atoms with E-state index in [1.165, 1.54) is 37.4 Å². The van der Waals surface area contributed by atoms with E-state index in [1.54, 1.807) is 0 Å². The van der Waals surface area contributed by atoms with Crippen molar-refractivity contribution in [3.63, 3.8) is 0 Å². The molecule has 2 aromatic rings. The number of phenols is 1. The summed E-state index contributed by atoms with van der Waals surface area (Å²) in [5, 5.41) is 9.45. The van der Waals surface area contributed by atoms with E-state index in [-0.39, 0.29) is 17.1 Å². The summed E-state index contributed by atoms with van der Waals surface area (Å²) >= 11 is 0. The smallest absolute Gasteiger partial charge is 0.417 e. The quantitative estimate of drug-likeness (QED) is 0.879. The molecule has 21 heavy (non-hydrogen) atoms. The van der Waals surface area contributed by atoms with E-state index in [0.29, 0.717) is 0 Å². The molecule has 3 nitrogen and oxygen atoms in total. The van der Waals surface area contributed by atoms with E-state index in [1.807, 2.05) is 0 Å². The molecule has 0 atom stereocenters. The number of phenolic OH excluding ortho intramolecular Hbond substituents is 1. The van der Waals surface area contributed by atoms with Crippen molar-refractivity contribution in [1.82, 2.24) is 0 Å². The van der Waals surface area contributed by atoms with Gasteiger partial charge in [-0.05, 0) is 24.3 Å². The first kappa shape index (κ1) is 14.9. The van der Waals surface area contributed by atoms with Crippen LogP contribution in [0.15, 0.2) is 42.5 Å². The highest BCUT2D eigenvalue weighted by atomic mass is 19.4. The van der Waals surface area contributed by atoms with Gasteiger partial charge in [0, 0.05) is 11.1 Å². The fourth-order valence-electron chi connectivity index (χ4n) is 1.90. The largest absolute Gasteiger partial charge is 0.504 e. The van der Waals surface area contributed by atoms with Gasteiger partial charge in [-0.1, -0.05) is 18.2 Å². The molecule has 0 amide bonds. The standard InChI is InChI=1S/C15H11F3O3/c1-21-13-8-9(6-7-12(13)19)14(20)10-4-2-3-5-11(10)15(16,17)18/h2-8,19H,1H3. The van der Waals surface area contributed by atoms with E-state index in [9.17, 15) is 23.1 Å². The summed E-state index contributed by atoms with van der Waals surface area (Å²) in [6.45, 7) is 0. The van der Waals surface area contributed by atoms with Crippen LogP contribution in [0.1, 0.15) is 21.5 Å². The second-order valence-electron chi connectivity index (χ2n) is 4.26. The van der Waals surface area contributed by atoms with E-state index in [2.05, 4.69) is 0 Å². The molecule has 0 saturated heterocycles. The van der Waals surface area contributed by atoms with Crippen molar-refractivity contribution >= 4 is 5.78 Å². The van der Waals surface area contributed by atoms with Gasteiger partial charge in [-0.15, -0.1) is 0 Å². The summed E-state index contributed by atoms with van der Waals surface area (Å²) < 4.78 is 43.6. The lowest BCUT2D eigenvalue weighted by Crippen LogP contribution is -2.13. The molecule has 6 heteroatoms. The number of alkyl halides is 3. The number of methoxy groups -OCH3 is 1. The molecule has 1 N–H and O–H groups in total. The number of halogens is 3. The van der Waals surface area contributed by atoms with Crippen LogP contribution in [0.25, 0.3) is 0 Å². The molecule has 0 saturated carbocycles. The average Bonchev–Trinajstić information content (AvgIpc) is 2.46. The van der Waals surface area contributed by atoms with Gasteiger partial charge in [0.15, 0.2) is 17.3 Å². The van der Waals surface area contributed by atoms with Gasteiger partial charge in [0.25, 0.3) is 0 Å². The van der Waals surface area contributed by atoms with Crippen LogP contribution in [-0.2, 0) is 6.18 Å². The number of carbonyl (C=O) groups excluding carboxylic acids is 1. The third kappa shape index (κ3) is 2.99. The minimum Gasteiger partial charge on any atom is -0.504 e. The van der Waals surface area contributed by atoms with Gasteiger partial charge in [-0.25, -0.2) is 0 Å². The summed E-state index contributed by atoms with van der Waals surface area (Å²) in [5.74, 6) is -0.968. The lowest BCUT2D eigenvalue weighted by atomic mass is 9.98. The number of rotatable bonds is 3. The van der Waals surface area contributed by atoms with Crippen molar-refractivity contribution in [2.75, 3.05) is 7.11 Å². The highest BCUT2D eigenvalue weighted by Gasteiger charge is 2.35. The van der Waals surface area contributed by atoms with Gasteiger partial charge < -0.3 is 9.84 Å². The molecule has 0 aromatic heterocycles. The molecule has 110 valence electrons. The first-order chi connectivity index (χ1) is 9.84. The van der Waals surface area contributed by atoms with Gasteiger partial charge in [0.2, 0.25) is 0 Å². The normalized spacial score (nSPS) is 11.2. The van der Waals surface area contributed by atoms with E-state index < -0.39 is 23.1 Å². The number of hydrogen-bond acceptors (Lipinski definition) is 3. The molecule has 0 heterocycles. The first-order valence-corrected chi connectivity index (χ1v) is 5.92. The van der Waals surface area contributed by atoms with Gasteiger partial charge in [-0.2, -0.15) is 13.2 Å². The van der Waals surface area contributed by atoms with Crippen molar-refractivity contribution < 1.29 is 27.8 Å². The SMILES string of the molecule is COc1cc(C(=O)c2ccccc2C(F)(F)F)ccc1O. The Morgan fingerprint density at radius 2 is 1.81 bits per heavy atom. The zero-order valence-electron chi connectivity index (χ0n) is 10.9. The molecule has 0 aliphatic carbocycles. The van der Waals surface area contributed by atoms with Crippen LogP contribution < -0.4 is 4.74 Å². The zero-order chi connectivity index (χ0) is 15.6. The second kappa shape index (κ2) is 5.47. The Kier molecular flexibility index (Phi) is 3.88. The number of hydrogen-bond donors (Lipinski definition) is 1. The Balaban J connectivity index is 2.51. The maximum atomic E-state index is 12.9. The Morgan fingerprint density at radius 1 is 1.14 bits per heavy atom. The van der Waals surface area contributed by atoms with Crippen LogP contribution >= 0.6 is 0 Å². The summed E-state index contributed by atoms with van der Waals surface area (Å²) in [5.41, 5.74) is -1.44. The van der Waals surface area contributed by atoms with E-state index in [4.69, 9.17) is 4.74 Å². The molecule has 2 aromatic carbocycles. The van der Waals surface area contributed by atoms with Crippen molar-refractivity contribution in [2.24, 2.45) is 0 Å². The van der Waals surface area contributed by atoms with Crippen LogP contribution in [0, 0.1) is 0 Å². The van der Waals surface area contributed by atoms with Gasteiger partial charge in [0.1, 0.15) is 0 Å². The maximum Gasteiger partial charge on any atom is 0.417 e. The molecular formula is C15H11F3O3. The summed E-state index contributed by atoms with van der Waals surface area (Å²) in [4.78, 5) is 12.3. The molecule has 0 radical (unpaired) electrons. The molecule has 0 aliphatic rings. The van der Waals surface area contributed by atoms with Crippen LogP contribution in [0.4, 0.5) is 13.2 Å². The number of ether oxygens (including phenoxy) is 1. The molecule has 0 aliphatic heterocycles. The van der Waals surface area contributed by atoms with Gasteiger partial charge in [0.05, 0.1) is 12.7 Å². The van der Waals surface area contributed by atoms with Crippen LogP contribution in [0.3, 0.4) is 0 Å². The fraction of sp³-hybridized carbons (Fsp3) is 0.133. The molecule has 0 unspecified atom stereocenters. The summed E-state index contributed by atoms with van der Waals surface area (Å²) in [6.07, 6.45) is -4.62. The van der Waals surface area contributed by atoms with E-state index >= 15 is 0 Å². The summed E-state index contributed by atoms with van der Waals surface area (Å²) in [6, 6.07) is 8.19. The Bertz CT molecular complexity index is 678. The topological polar surface area (TPSA) is 46.5 Å². The van der Waals surface area contributed by atoms with Crippen molar-refractivity contribution in [2.45, 2.75) is 6.18 Å². The molecule has 0 spiro atoms. The first-order valence-electron chi connectivity index (χ1n) is 5.92. The lowest BCUT2D eigenvalue weighted by Gasteiger charge is -2.12. The lowest BCUT2D eigenvalue weighted by molar-refractivity contribution is -0.137. The molecule has 0 bridgehead atoms. The number of aromatic hydroxyl groups is 1. The minimum atomic E-state index is -4.62. The van der Waals surface area contributed by atoms with Crippen molar-refractivity contribution in [1.29, 1.82) is 0 Å². The van der Waals surface area contributed by atoms with Gasteiger partial charge >= 0.3 is 6.18 Å². The number of ketones is 1. The second-order valence-corrected chi connectivity index (χ2v) is 4.26.